The Morgan fingerprint density at radius 1 is 1.16 bits per heavy atom. The van der Waals surface area contributed by atoms with Gasteiger partial charge in [0.05, 0.1) is 4.92 Å². The third-order valence-corrected chi connectivity index (χ3v) is 2.72. The Kier molecular flexibility index (Phi) is 3.46. The van der Waals surface area contributed by atoms with Gasteiger partial charge in [-0.05, 0) is 42.8 Å². The monoisotopic (exact) mass is 258 g/mol. The third kappa shape index (κ3) is 2.88. The SMILES string of the molecule is CC(C)NC(=O)c1ccc2cc([N+](=O)[O-])ccc2c1. The maximum Gasteiger partial charge on any atom is 0.270 e. The van der Waals surface area contributed by atoms with Gasteiger partial charge in [0.25, 0.3) is 11.6 Å². The number of hydrogen-bond acceptors (Lipinski definition) is 3. The number of fused-ring (bicyclic) bond motifs is 1. The van der Waals surface area contributed by atoms with E-state index in [1.165, 1.54) is 12.1 Å². The summed E-state index contributed by atoms with van der Waals surface area (Å²) in [6.07, 6.45) is 0. The van der Waals surface area contributed by atoms with Crippen LogP contribution in [0.2, 0.25) is 0 Å². The zero-order chi connectivity index (χ0) is 14.0. The van der Waals surface area contributed by atoms with E-state index in [-0.39, 0.29) is 17.6 Å². The lowest BCUT2D eigenvalue weighted by atomic mass is 10.1. The molecule has 1 amide bonds. The molecule has 2 rings (SSSR count). The molecule has 0 aliphatic carbocycles. The van der Waals surface area contributed by atoms with Crippen molar-refractivity contribution in [1.82, 2.24) is 5.32 Å². The van der Waals surface area contributed by atoms with Gasteiger partial charge < -0.3 is 5.32 Å². The van der Waals surface area contributed by atoms with Gasteiger partial charge in [0.15, 0.2) is 0 Å². The van der Waals surface area contributed by atoms with Crippen LogP contribution in [0.25, 0.3) is 10.8 Å². The topological polar surface area (TPSA) is 72.2 Å². The molecular formula is C14H14N2O3. The first-order valence-corrected chi connectivity index (χ1v) is 5.96. The van der Waals surface area contributed by atoms with Crippen molar-refractivity contribution in [3.05, 3.63) is 52.1 Å². The van der Waals surface area contributed by atoms with Crippen molar-refractivity contribution in [3.8, 4) is 0 Å². The Morgan fingerprint density at radius 2 is 1.79 bits per heavy atom. The zero-order valence-corrected chi connectivity index (χ0v) is 10.7. The molecule has 0 unspecified atom stereocenters. The minimum absolute atomic E-state index is 0.0480. The summed E-state index contributed by atoms with van der Waals surface area (Å²) in [6.45, 7) is 3.78. The molecule has 2 aromatic carbocycles. The molecule has 0 aromatic heterocycles. The van der Waals surface area contributed by atoms with E-state index in [4.69, 9.17) is 0 Å². The van der Waals surface area contributed by atoms with Crippen molar-refractivity contribution in [3.63, 3.8) is 0 Å². The molecule has 19 heavy (non-hydrogen) atoms. The quantitative estimate of drug-likeness (QED) is 0.679. The summed E-state index contributed by atoms with van der Waals surface area (Å²) in [5.74, 6) is -0.143. The van der Waals surface area contributed by atoms with Gasteiger partial charge in [-0.2, -0.15) is 0 Å². The first kappa shape index (κ1) is 13.0. The number of nitrogens with one attached hydrogen (secondary N) is 1. The smallest absolute Gasteiger partial charge is 0.270 e. The van der Waals surface area contributed by atoms with Crippen LogP contribution in [0.15, 0.2) is 36.4 Å². The van der Waals surface area contributed by atoms with E-state index in [1.807, 2.05) is 13.8 Å². The van der Waals surface area contributed by atoms with Gasteiger partial charge in [-0.15, -0.1) is 0 Å². The summed E-state index contributed by atoms with van der Waals surface area (Å²) in [5.41, 5.74) is 0.599. The van der Waals surface area contributed by atoms with Gasteiger partial charge in [-0.25, -0.2) is 0 Å². The molecule has 0 radical (unpaired) electrons. The van der Waals surface area contributed by atoms with Gasteiger partial charge in [0.2, 0.25) is 0 Å². The van der Waals surface area contributed by atoms with E-state index in [9.17, 15) is 14.9 Å². The number of nitro benzene ring substituents is 1. The molecule has 0 saturated heterocycles. The zero-order valence-electron chi connectivity index (χ0n) is 10.7. The molecule has 0 spiro atoms. The number of nitro groups is 1. The van der Waals surface area contributed by atoms with E-state index in [0.717, 1.165) is 10.8 Å². The van der Waals surface area contributed by atoms with Crippen molar-refractivity contribution in [2.45, 2.75) is 19.9 Å². The van der Waals surface area contributed by atoms with Crippen LogP contribution in [-0.4, -0.2) is 16.9 Å². The maximum atomic E-state index is 11.9. The van der Waals surface area contributed by atoms with Crippen LogP contribution in [0.4, 0.5) is 5.69 Å². The molecule has 0 aliphatic rings. The Balaban J connectivity index is 2.39. The van der Waals surface area contributed by atoms with Crippen LogP contribution in [0.5, 0.6) is 0 Å². The summed E-state index contributed by atoms with van der Waals surface area (Å²) >= 11 is 0. The van der Waals surface area contributed by atoms with Crippen LogP contribution in [0.1, 0.15) is 24.2 Å². The van der Waals surface area contributed by atoms with Gasteiger partial charge >= 0.3 is 0 Å². The standard InChI is InChI=1S/C14H14N2O3/c1-9(2)15-14(17)12-4-3-11-8-13(16(18)19)6-5-10(11)7-12/h3-9H,1-2H3,(H,15,17). The Hall–Kier alpha value is -2.43. The van der Waals surface area contributed by atoms with Crippen molar-refractivity contribution in [2.24, 2.45) is 0 Å². The van der Waals surface area contributed by atoms with Gasteiger partial charge in [0.1, 0.15) is 0 Å². The molecule has 2 aromatic rings. The van der Waals surface area contributed by atoms with Crippen LogP contribution in [0.3, 0.4) is 0 Å². The molecule has 5 heteroatoms. The number of benzene rings is 2. The average molecular weight is 258 g/mol. The first-order valence-electron chi connectivity index (χ1n) is 5.96. The summed E-state index contributed by atoms with van der Waals surface area (Å²) in [7, 11) is 0. The summed E-state index contributed by atoms with van der Waals surface area (Å²) in [5, 5.41) is 15.0. The van der Waals surface area contributed by atoms with E-state index < -0.39 is 4.92 Å². The molecule has 1 N–H and O–H groups in total. The van der Waals surface area contributed by atoms with E-state index in [2.05, 4.69) is 5.32 Å². The molecule has 0 heterocycles. The van der Waals surface area contributed by atoms with Crippen molar-refractivity contribution in [2.75, 3.05) is 0 Å². The second-order valence-electron chi connectivity index (χ2n) is 4.63. The van der Waals surface area contributed by atoms with E-state index >= 15 is 0 Å². The molecular weight excluding hydrogens is 244 g/mol. The number of non-ortho nitro benzene ring substituents is 1. The number of amides is 1. The first-order chi connectivity index (χ1) is 8.97. The van der Waals surface area contributed by atoms with Crippen LogP contribution in [-0.2, 0) is 0 Å². The van der Waals surface area contributed by atoms with Crippen LogP contribution >= 0.6 is 0 Å². The second kappa shape index (κ2) is 5.06. The highest BCUT2D eigenvalue weighted by atomic mass is 16.6. The molecule has 0 fully saturated rings. The molecule has 0 atom stereocenters. The maximum absolute atomic E-state index is 11.9. The predicted octanol–water partition coefficient (Wildman–Crippen LogP) is 2.89. The summed E-state index contributed by atoms with van der Waals surface area (Å²) in [6, 6.07) is 9.78. The normalized spacial score (nSPS) is 10.7. The molecule has 0 saturated carbocycles. The Bertz CT molecular complexity index is 650. The summed E-state index contributed by atoms with van der Waals surface area (Å²) in [4.78, 5) is 22.1. The minimum Gasteiger partial charge on any atom is -0.350 e. The largest absolute Gasteiger partial charge is 0.350 e. The number of nitrogens with zero attached hydrogens (tertiary/aromatic N) is 1. The van der Waals surface area contributed by atoms with Crippen LogP contribution < -0.4 is 5.32 Å². The molecule has 5 nitrogen and oxygen atoms in total. The molecule has 0 aliphatic heterocycles. The number of rotatable bonds is 3. The Morgan fingerprint density at radius 3 is 2.42 bits per heavy atom. The number of carbonyl (C=O) groups excluding carboxylic acids is 1. The second-order valence-corrected chi connectivity index (χ2v) is 4.63. The van der Waals surface area contributed by atoms with Gasteiger partial charge in [-0.1, -0.05) is 6.07 Å². The van der Waals surface area contributed by atoms with Crippen molar-refractivity contribution >= 4 is 22.4 Å². The summed E-state index contributed by atoms with van der Waals surface area (Å²) < 4.78 is 0. The fourth-order valence-corrected chi connectivity index (χ4v) is 1.83. The van der Waals surface area contributed by atoms with Crippen molar-refractivity contribution < 1.29 is 9.72 Å². The van der Waals surface area contributed by atoms with Gasteiger partial charge in [0, 0.05) is 23.7 Å². The lowest BCUT2D eigenvalue weighted by molar-refractivity contribution is -0.384. The highest BCUT2D eigenvalue weighted by Crippen LogP contribution is 2.21. The molecule has 0 bridgehead atoms. The predicted molar refractivity (Wildman–Crippen MR) is 73.2 cm³/mol. The van der Waals surface area contributed by atoms with Crippen LogP contribution in [0, 0.1) is 10.1 Å². The van der Waals surface area contributed by atoms with Crippen molar-refractivity contribution in [1.29, 1.82) is 0 Å². The Labute approximate surface area is 110 Å². The van der Waals surface area contributed by atoms with Gasteiger partial charge in [-0.3, -0.25) is 14.9 Å². The minimum atomic E-state index is -0.432. The fraction of sp³-hybridized carbons (Fsp3) is 0.214. The fourth-order valence-electron chi connectivity index (χ4n) is 1.83. The number of carbonyl (C=O) groups is 1. The lowest BCUT2D eigenvalue weighted by Gasteiger charge is -2.08. The highest BCUT2D eigenvalue weighted by Gasteiger charge is 2.10. The third-order valence-electron chi connectivity index (χ3n) is 2.72. The van der Waals surface area contributed by atoms with E-state index in [1.54, 1.807) is 24.3 Å². The average Bonchev–Trinajstić information content (AvgIpc) is 2.36. The molecule has 98 valence electrons. The van der Waals surface area contributed by atoms with E-state index in [0.29, 0.717) is 5.56 Å². The lowest BCUT2D eigenvalue weighted by Crippen LogP contribution is -2.29. The highest BCUT2D eigenvalue weighted by molar-refractivity contribution is 5.99. The number of hydrogen-bond donors (Lipinski definition) is 1.